The second kappa shape index (κ2) is 5.83. The monoisotopic (exact) mass is 346 g/mol. The minimum absolute atomic E-state index is 0.142. The van der Waals surface area contributed by atoms with Gasteiger partial charge in [-0.05, 0) is 37.1 Å². The van der Waals surface area contributed by atoms with Crippen molar-refractivity contribution in [3.8, 4) is 0 Å². The molecule has 5 nitrogen and oxygen atoms in total. The third-order valence-electron chi connectivity index (χ3n) is 3.98. The van der Waals surface area contributed by atoms with E-state index in [1.165, 1.54) is 30.7 Å². The van der Waals surface area contributed by atoms with Crippen LogP contribution >= 0.6 is 11.3 Å². The van der Waals surface area contributed by atoms with Crippen LogP contribution in [-0.2, 0) is 13.6 Å². The van der Waals surface area contributed by atoms with E-state index in [9.17, 15) is 18.8 Å². The fourth-order valence-electron chi connectivity index (χ4n) is 2.71. The van der Waals surface area contributed by atoms with Crippen LogP contribution in [0.3, 0.4) is 0 Å². The number of aromatic nitrogens is 2. The van der Waals surface area contributed by atoms with Gasteiger partial charge in [0.2, 0.25) is 0 Å². The molecule has 24 heavy (non-hydrogen) atoms. The molecule has 0 bridgehead atoms. The third-order valence-corrected chi connectivity index (χ3v) is 5.40. The zero-order chi connectivity index (χ0) is 17.6. The summed E-state index contributed by atoms with van der Waals surface area (Å²) in [6.45, 7) is 3.34. The summed E-state index contributed by atoms with van der Waals surface area (Å²) in [7, 11) is 1.41. The predicted octanol–water partition coefficient (Wildman–Crippen LogP) is 2.46. The lowest BCUT2D eigenvalue weighted by atomic mass is 10.1. The molecule has 2 heterocycles. The lowest BCUT2D eigenvalue weighted by molar-refractivity contribution is 0.102. The number of Topliss-reactive ketones (excluding diaryl/α,β-unsaturated/α-hetero) is 1. The number of ketones is 1. The molecule has 2 aromatic heterocycles. The van der Waals surface area contributed by atoms with E-state index >= 15 is 0 Å². The smallest absolute Gasteiger partial charge is 0.294 e. The van der Waals surface area contributed by atoms with Crippen molar-refractivity contribution in [3.05, 3.63) is 66.9 Å². The summed E-state index contributed by atoms with van der Waals surface area (Å²) < 4.78 is 15.6. The van der Waals surface area contributed by atoms with Gasteiger partial charge >= 0.3 is 5.69 Å². The third kappa shape index (κ3) is 2.50. The second-order valence-electron chi connectivity index (χ2n) is 5.65. The maximum Gasteiger partial charge on any atom is 0.332 e. The Balaban J connectivity index is 2.32. The highest BCUT2D eigenvalue weighted by atomic mass is 32.1. The van der Waals surface area contributed by atoms with Crippen LogP contribution in [0.2, 0.25) is 0 Å². The van der Waals surface area contributed by atoms with Crippen molar-refractivity contribution in [2.45, 2.75) is 20.4 Å². The number of carbonyl (C=O) groups excluding carboxylic acids is 1. The molecule has 124 valence electrons. The molecule has 3 aromatic rings. The fraction of sp³-hybridized carbons (Fsp3) is 0.235. The van der Waals surface area contributed by atoms with Crippen molar-refractivity contribution >= 4 is 27.3 Å². The van der Waals surface area contributed by atoms with Gasteiger partial charge in [-0.1, -0.05) is 12.1 Å². The molecule has 0 N–H and O–H groups in total. The summed E-state index contributed by atoms with van der Waals surface area (Å²) in [5.74, 6) is -0.501. The Hall–Kier alpha value is -2.54. The van der Waals surface area contributed by atoms with Crippen molar-refractivity contribution in [1.82, 2.24) is 9.13 Å². The average Bonchev–Trinajstić information content (AvgIpc) is 2.89. The van der Waals surface area contributed by atoms with E-state index in [0.717, 1.165) is 21.5 Å². The predicted molar refractivity (Wildman–Crippen MR) is 91.6 cm³/mol. The number of nitrogens with zero attached hydrogens (tertiary/aromatic N) is 2. The van der Waals surface area contributed by atoms with Crippen molar-refractivity contribution in [1.29, 1.82) is 0 Å². The Morgan fingerprint density at radius 1 is 1.21 bits per heavy atom. The summed E-state index contributed by atoms with van der Waals surface area (Å²) in [5, 5.41) is 0.384. The molecule has 0 aliphatic carbocycles. The minimum Gasteiger partial charge on any atom is -0.294 e. The van der Waals surface area contributed by atoms with Crippen LogP contribution in [0.4, 0.5) is 4.39 Å². The highest BCUT2D eigenvalue weighted by molar-refractivity contribution is 7.20. The lowest BCUT2D eigenvalue weighted by Crippen LogP contribution is -2.38. The number of rotatable bonds is 3. The van der Waals surface area contributed by atoms with Crippen LogP contribution in [0.5, 0.6) is 0 Å². The molecule has 0 saturated heterocycles. The van der Waals surface area contributed by atoms with E-state index in [1.807, 2.05) is 0 Å². The van der Waals surface area contributed by atoms with Gasteiger partial charge in [0.05, 0.1) is 16.8 Å². The first-order valence-electron chi connectivity index (χ1n) is 7.29. The largest absolute Gasteiger partial charge is 0.332 e. The summed E-state index contributed by atoms with van der Waals surface area (Å²) >= 11 is 1.14. The molecule has 0 amide bonds. The summed E-state index contributed by atoms with van der Waals surface area (Å²) in [4.78, 5) is 37.7. The molecule has 0 spiro atoms. The highest BCUT2D eigenvalue weighted by Crippen LogP contribution is 2.28. The summed E-state index contributed by atoms with van der Waals surface area (Å²) in [5.41, 5.74) is 0.449. The maximum atomic E-state index is 13.1. The molecule has 0 unspecified atom stereocenters. The molecule has 0 fully saturated rings. The second-order valence-corrected chi connectivity index (χ2v) is 6.65. The number of hydrogen-bond donors (Lipinski definition) is 0. The van der Waals surface area contributed by atoms with Crippen molar-refractivity contribution in [3.63, 3.8) is 0 Å². The van der Waals surface area contributed by atoms with Gasteiger partial charge in [-0.15, -0.1) is 11.3 Å². The Bertz CT molecular complexity index is 1070. The van der Waals surface area contributed by atoms with Crippen LogP contribution in [0.1, 0.15) is 27.7 Å². The molecule has 0 aliphatic rings. The normalized spacial score (nSPS) is 11.2. The average molecular weight is 346 g/mol. The molecule has 3 rings (SSSR count). The topological polar surface area (TPSA) is 61.1 Å². The zero-order valence-electron chi connectivity index (χ0n) is 13.4. The molecule has 7 heteroatoms. The molecule has 1 aromatic carbocycles. The summed E-state index contributed by atoms with van der Waals surface area (Å²) in [6.07, 6.45) is 0. The van der Waals surface area contributed by atoms with Gasteiger partial charge in [-0.2, -0.15) is 0 Å². The van der Waals surface area contributed by atoms with Crippen LogP contribution in [0, 0.1) is 12.7 Å². The minimum atomic E-state index is -0.465. The molecule has 0 atom stereocenters. The fourth-order valence-corrected chi connectivity index (χ4v) is 3.90. The van der Waals surface area contributed by atoms with E-state index in [0.29, 0.717) is 20.7 Å². The number of hydrogen-bond acceptors (Lipinski definition) is 4. The lowest BCUT2D eigenvalue weighted by Gasteiger charge is -2.09. The van der Waals surface area contributed by atoms with E-state index in [4.69, 9.17) is 0 Å². The maximum absolute atomic E-state index is 13.1. The quantitative estimate of drug-likeness (QED) is 0.685. The van der Waals surface area contributed by atoms with E-state index in [2.05, 4.69) is 0 Å². The van der Waals surface area contributed by atoms with Crippen LogP contribution in [-0.4, -0.2) is 14.9 Å². The van der Waals surface area contributed by atoms with Crippen molar-refractivity contribution < 1.29 is 9.18 Å². The number of fused-ring (bicyclic) bond motifs is 1. The first kappa shape index (κ1) is 16.3. The Labute approximate surface area is 140 Å². The standard InChI is InChI=1S/C17H15FN2O3S/c1-9-13-15(22)19(3)17(23)20(16(13)24-14(9)10(2)21)8-11-4-6-12(18)7-5-11/h4-7H,8H2,1-3H3. The highest BCUT2D eigenvalue weighted by Gasteiger charge is 2.20. The van der Waals surface area contributed by atoms with E-state index < -0.39 is 11.2 Å². The summed E-state index contributed by atoms with van der Waals surface area (Å²) in [6, 6.07) is 5.82. The molecular formula is C17H15FN2O3S. The van der Waals surface area contributed by atoms with Crippen LogP contribution in [0.25, 0.3) is 10.2 Å². The van der Waals surface area contributed by atoms with Crippen molar-refractivity contribution in [2.75, 3.05) is 0 Å². The van der Waals surface area contributed by atoms with Crippen LogP contribution in [0.15, 0.2) is 33.9 Å². The zero-order valence-corrected chi connectivity index (χ0v) is 14.2. The van der Waals surface area contributed by atoms with Gasteiger partial charge in [0.15, 0.2) is 5.78 Å². The molecule has 0 saturated carbocycles. The number of thiophene rings is 1. The van der Waals surface area contributed by atoms with Crippen LogP contribution < -0.4 is 11.2 Å². The Morgan fingerprint density at radius 2 is 1.83 bits per heavy atom. The number of carbonyl (C=O) groups is 1. The van der Waals surface area contributed by atoms with Gasteiger partial charge in [0, 0.05) is 7.05 Å². The van der Waals surface area contributed by atoms with Crippen molar-refractivity contribution in [2.24, 2.45) is 7.05 Å². The molecule has 0 aliphatic heterocycles. The van der Waals surface area contributed by atoms with Gasteiger partial charge in [-0.3, -0.25) is 18.7 Å². The van der Waals surface area contributed by atoms with Gasteiger partial charge in [-0.25, -0.2) is 9.18 Å². The van der Waals surface area contributed by atoms with E-state index in [-0.39, 0.29) is 18.1 Å². The number of benzene rings is 1. The number of aryl methyl sites for hydroxylation is 1. The van der Waals surface area contributed by atoms with Gasteiger partial charge in [0.25, 0.3) is 5.56 Å². The SMILES string of the molecule is CC(=O)c1sc2c(c1C)c(=O)n(C)c(=O)n2Cc1ccc(F)cc1. The first-order valence-corrected chi connectivity index (χ1v) is 8.11. The Morgan fingerprint density at radius 3 is 2.42 bits per heavy atom. The Kier molecular flexibility index (Phi) is 3.96. The first-order chi connectivity index (χ1) is 11.3. The molecular weight excluding hydrogens is 331 g/mol. The number of halogens is 1. The molecule has 0 radical (unpaired) electrons. The van der Waals surface area contributed by atoms with Gasteiger partial charge in [0.1, 0.15) is 10.6 Å². The van der Waals surface area contributed by atoms with E-state index in [1.54, 1.807) is 19.1 Å². The van der Waals surface area contributed by atoms with Gasteiger partial charge < -0.3 is 0 Å².